The molecule has 0 aromatic carbocycles. The maximum Gasteiger partial charge on any atom is 0.278 e. The first-order chi connectivity index (χ1) is 10.1. The molecule has 2 heterocycles. The fraction of sp³-hybridized carbons (Fsp3) is 0.462. The van der Waals surface area contributed by atoms with E-state index in [2.05, 4.69) is 37.7 Å². The number of carbonyl (C=O) groups is 1. The van der Waals surface area contributed by atoms with Crippen molar-refractivity contribution in [3.63, 3.8) is 0 Å². The van der Waals surface area contributed by atoms with Crippen molar-refractivity contribution in [3.8, 4) is 0 Å². The molecule has 1 amide bonds. The highest BCUT2D eigenvalue weighted by Crippen LogP contribution is 2.18. The number of carbonyl (C=O) groups excluding carboxylic acids is 1. The van der Waals surface area contributed by atoms with Crippen LogP contribution in [-0.2, 0) is 0 Å². The molecular formula is C13H18N6OS. The molecule has 0 bridgehead atoms. The Morgan fingerprint density at radius 2 is 2.24 bits per heavy atom. The molecule has 0 aliphatic carbocycles. The van der Waals surface area contributed by atoms with Gasteiger partial charge in [0, 0.05) is 12.5 Å². The van der Waals surface area contributed by atoms with Crippen molar-refractivity contribution < 1.29 is 4.79 Å². The van der Waals surface area contributed by atoms with Crippen LogP contribution in [0.2, 0.25) is 0 Å². The lowest BCUT2D eigenvalue weighted by Gasteiger charge is -2.12. The molecule has 112 valence electrons. The molecule has 2 N–H and O–H groups in total. The molecule has 0 radical (unpaired) electrons. The standard InChI is InChI=1S/C13H18N6OS/c1-4-5-14-9-6-15-11(8(2)3)17-10(9)12(20)18-13-19-16-7-21-13/h6-8,14H,4-5H2,1-3H3,(H,18,19,20). The van der Waals surface area contributed by atoms with E-state index < -0.39 is 0 Å². The number of anilines is 2. The zero-order valence-corrected chi connectivity index (χ0v) is 13.1. The fourth-order valence-corrected chi connectivity index (χ4v) is 2.06. The SMILES string of the molecule is CCCNc1cnc(C(C)C)nc1C(=O)Nc1nncs1. The van der Waals surface area contributed by atoms with Gasteiger partial charge < -0.3 is 5.32 Å². The maximum absolute atomic E-state index is 12.4. The van der Waals surface area contributed by atoms with Gasteiger partial charge in [0.1, 0.15) is 11.3 Å². The van der Waals surface area contributed by atoms with Crippen LogP contribution in [0.15, 0.2) is 11.7 Å². The second-order valence-electron chi connectivity index (χ2n) is 4.77. The van der Waals surface area contributed by atoms with Crippen molar-refractivity contribution in [1.29, 1.82) is 0 Å². The van der Waals surface area contributed by atoms with E-state index in [1.54, 1.807) is 11.7 Å². The Kier molecular flexibility index (Phi) is 5.15. The van der Waals surface area contributed by atoms with E-state index in [1.807, 2.05) is 13.8 Å². The average molecular weight is 306 g/mol. The lowest BCUT2D eigenvalue weighted by molar-refractivity contribution is 0.102. The van der Waals surface area contributed by atoms with E-state index in [0.29, 0.717) is 22.3 Å². The maximum atomic E-state index is 12.4. The van der Waals surface area contributed by atoms with Crippen LogP contribution in [0.4, 0.5) is 10.8 Å². The van der Waals surface area contributed by atoms with Crippen LogP contribution in [0, 0.1) is 0 Å². The molecule has 0 saturated carbocycles. The van der Waals surface area contributed by atoms with E-state index >= 15 is 0 Å². The topological polar surface area (TPSA) is 92.7 Å². The van der Waals surface area contributed by atoms with Gasteiger partial charge in [-0.05, 0) is 6.42 Å². The third kappa shape index (κ3) is 3.94. The quantitative estimate of drug-likeness (QED) is 0.852. The Morgan fingerprint density at radius 3 is 2.86 bits per heavy atom. The molecule has 2 rings (SSSR count). The Hall–Kier alpha value is -2.09. The van der Waals surface area contributed by atoms with Crippen LogP contribution in [0.3, 0.4) is 0 Å². The van der Waals surface area contributed by atoms with Crippen LogP contribution >= 0.6 is 11.3 Å². The first-order valence-corrected chi connectivity index (χ1v) is 7.68. The lowest BCUT2D eigenvalue weighted by atomic mass is 10.2. The third-order valence-electron chi connectivity index (χ3n) is 2.68. The van der Waals surface area contributed by atoms with Gasteiger partial charge in [-0.1, -0.05) is 32.1 Å². The monoisotopic (exact) mass is 306 g/mol. The van der Waals surface area contributed by atoms with Gasteiger partial charge in [0.05, 0.1) is 11.9 Å². The molecule has 0 aliphatic heterocycles. The van der Waals surface area contributed by atoms with E-state index in [9.17, 15) is 4.79 Å². The van der Waals surface area contributed by atoms with Crippen LogP contribution in [0.25, 0.3) is 0 Å². The molecule has 0 aliphatic rings. The van der Waals surface area contributed by atoms with E-state index in [-0.39, 0.29) is 11.8 Å². The predicted octanol–water partition coefficient (Wildman–Crippen LogP) is 2.53. The average Bonchev–Trinajstić information content (AvgIpc) is 2.97. The van der Waals surface area contributed by atoms with Crippen LogP contribution in [0.1, 0.15) is 49.4 Å². The van der Waals surface area contributed by atoms with Crippen molar-refractivity contribution in [2.75, 3.05) is 17.2 Å². The highest BCUT2D eigenvalue weighted by atomic mass is 32.1. The summed E-state index contributed by atoms with van der Waals surface area (Å²) in [4.78, 5) is 21.0. The highest BCUT2D eigenvalue weighted by Gasteiger charge is 2.17. The summed E-state index contributed by atoms with van der Waals surface area (Å²) in [5, 5.41) is 13.8. The largest absolute Gasteiger partial charge is 0.382 e. The number of nitrogens with one attached hydrogen (secondary N) is 2. The number of nitrogens with zero attached hydrogens (tertiary/aromatic N) is 4. The zero-order valence-electron chi connectivity index (χ0n) is 12.3. The number of rotatable bonds is 6. The van der Waals surface area contributed by atoms with Crippen LogP contribution < -0.4 is 10.6 Å². The van der Waals surface area contributed by atoms with Crippen molar-refractivity contribution in [2.45, 2.75) is 33.1 Å². The Morgan fingerprint density at radius 1 is 1.43 bits per heavy atom. The first kappa shape index (κ1) is 15.3. The van der Waals surface area contributed by atoms with Gasteiger partial charge in [-0.25, -0.2) is 9.97 Å². The molecule has 0 atom stereocenters. The summed E-state index contributed by atoms with van der Waals surface area (Å²) in [5.74, 6) is 0.479. The minimum Gasteiger partial charge on any atom is -0.382 e. The number of aromatic nitrogens is 4. The molecular weight excluding hydrogens is 288 g/mol. The van der Waals surface area contributed by atoms with E-state index in [4.69, 9.17) is 0 Å². The summed E-state index contributed by atoms with van der Waals surface area (Å²) in [6.45, 7) is 6.78. The van der Waals surface area contributed by atoms with E-state index in [1.165, 1.54) is 11.3 Å². The fourth-order valence-electron chi connectivity index (χ4n) is 1.62. The molecule has 0 fully saturated rings. The van der Waals surface area contributed by atoms with Gasteiger partial charge in [0.25, 0.3) is 5.91 Å². The predicted molar refractivity (Wildman–Crippen MR) is 82.8 cm³/mol. The summed E-state index contributed by atoms with van der Waals surface area (Å²) in [7, 11) is 0. The van der Waals surface area contributed by atoms with Gasteiger partial charge in [-0.2, -0.15) is 0 Å². The van der Waals surface area contributed by atoms with Gasteiger partial charge in [-0.3, -0.25) is 10.1 Å². The molecule has 8 heteroatoms. The molecule has 21 heavy (non-hydrogen) atoms. The second-order valence-corrected chi connectivity index (χ2v) is 5.60. The second kappa shape index (κ2) is 7.07. The Labute approximate surface area is 127 Å². The summed E-state index contributed by atoms with van der Waals surface area (Å²) in [5.41, 5.74) is 2.52. The van der Waals surface area contributed by atoms with Crippen molar-refractivity contribution >= 4 is 28.1 Å². The van der Waals surface area contributed by atoms with Gasteiger partial charge in [0.15, 0.2) is 5.69 Å². The Balaban J connectivity index is 2.28. The summed E-state index contributed by atoms with van der Waals surface area (Å²) < 4.78 is 0. The minimum atomic E-state index is -0.311. The first-order valence-electron chi connectivity index (χ1n) is 6.80. The zero-order chi connectivity index (χ0) is 15.2. The number of amides is 1. The van der Waals surface area contributed by atoms with Crippen LogP contribution in [0.5, 0.6) is 0 Å². The number of hydrogen-bond donors (Lipinski definition) is 2. The van der Waals surface area contributed by atoms with Crippen molar-refractivity contribution in [1.82, 2.24) is 20.2 Å². The highest BCUT2D eigenvalue weighted by molar-refractivity contribution is 7.13. The lowest BCUT2D eigenvalue weighted by Crippen LogP contribution is -2.19. The Bertz CT molecular complexity index is 599. The normalized spacial score (nSPS) is 10.7. The van der Waals surface area contributed by atoms with Crippen LogP contribution in [-0.4, -0.2) is 32.6 Å². The summed E-state index contributed by atoms with van der Waals surface area (Å²) >= 11 is 1.26. The number of hydrogen-bond acceptors (Lipinski definition) is 7. The molecule has 2 aromatic heterocycles. The smallest absolute Gasteiger partial charge is 0.278 e. The molecule has 2 aromatic rings. The van der Waals surface area contributed by atoms with Gasteiger partial charge in [0.2, 0.25) is 5.13 Å². The van der Waals surface area contributed by atoms with Gasteiger partial charge in [-0.15, -0.1) is 10.2 Å². The van der Waals surface area contributed by atoms with Crippen molar-refractivity contribution in [3.05, 3.63) is 23.2 Å². The molecule has 0 unspecified atom stereocenters. The summed E-state index contributed by atoms with van der Waals surface area (Å²) in [6, 6.07) is 0. The van der Waals surface area contributed by atoms with E-state index in [0.717, 1.165) is 13.0 Å². The van der Waals surface area contributed by atoms with Gasteiger partial charge >= 0.3 is 0 Å². The summed E-state index contributed by atoms with van der Waals surface area (Å²) in [6.07, 6.45) is 2.61. The minimum absolute atomic E-state index is 0.151. The molecule has 0 saturated heterocycles. The van der Waals surface area contributed by atoms with Crippen molar-refractivity contribution in [2.24, 2.45) is 0 Å². The third-order valence-corrected chi connectivity index (χ3v) is 3.29. The molecule has 0 spiro atoms. The molecule has 7 nitrogen and oxygen atoms in total.